The highest BCUT2D eigenvalue weighted by molar-refractivity contribution is 5.83. The van der Waals surface area contributed by atoms with Crippen LogP contribution in [0.25, 0.3) is 0 Å². The van der Waals surface area contributed by atoms with Gasteiger partial charge in [-0.1, -0.05) is 71.8 Å². The molecule has 6 bridgehead atoms. The number of aliphatic hydroxyl groups is 3. The molecule has 10 atom stereocenters. The third kappa shape index (κ3) is 14.3. The fraction of sp³-hybridized carbons (Fsp3) is 0.750. The molecule has 58 heavy (non-hydrogen) atoms. The lowest BCUT2D eigenvalue weighted by atomic mass is 9.74. The Morgan fingerprint density at radius 1 is 0.931 bits per heavy atom. The molecule has 3 N–H and O–H groups in total. The minimum atomic E-state index is -2.29. The normalized spacial score (nSPS) is 34.5. The Balaban J connectivity index is 1.74. The lowest BCUT2D eigenvalue weighted by molar-refractivity contribution is -0.327. The number of esters is 3. The van der Waals surface area contributed by atoms with Crippen molar-refractivity contribution in [1.82, 2.24) is 0 Å². The number of methoxy groups -OCH3 is 1. The maximum atomic E-state index is 13.4. The van der Waals surface area contributed by atoms with Gasteiger partial charge in [0.25, 0.3) is 0 Å². The molecule has 3 saturated heterocycles. The maximum Gasteiger partial charge on any atom is 0.330 e. The van der Waals surface area contributed by atoms with Crippen LogP contribution in [-0.2, 0) is 52.3 Å². The van der Waals surface area contributed by atoms with E-state index >= 15 is 0 Å². The molecule has 0 radical (unpaired) electrons. The Morgan fingerprint density at radius 2 is 1.66 bits per heavy atom. The summed E-state index contributed by atoms with van der Waals surface area (Å²) >= 11 is 0. The number of rotatable bonds is 13. The van der Waals surface area contributed by atoms with Crippen molar-refractivity contribution in [2.45, 2.75) is 184 Å². The zero-order valence-electron chi connectivity index (χ0n) is 35.0. The summed E-state index contributed by atoms with van der Waals surface area (Å²) in [6.45, 7) is 12.8. The van der Waals surface area contributed by atoms with E-state index in [-0.39, 0.29) is 68.4 Å². The highest BCUT2D eigenvalue weighted by atomic mass is 16.7. The summed E-state index contributed by atoms with van der Waals surface area (Å²) in [4.78, 5) is 39.0. The molecule has 0 saturated carbocycles. The number of hydrogen-bond acceptors (Lipinski definition) is 14. The predicted octanol–water partition coefficient (Wildman–Crippen LogP) is 5.80. The van der Waals surface area contributed by atoms with Crippen molar-refractivity contribution in [1.29, 1.82) is 0 Å². The van der Waals surface area contributed by atoms with Gasteiger partial charge in [0.05, 0.1) is 62.5 Å². The zero-order valence-corrected chi connectivity index (χ0v) is 35.0. The Kier molecular flexibility index (Phi) is 18.9. The molecule has 0 aliphatic carbocycles. The standard InChI is InChI=1S/C44H68O14/c1-7-9-10-11-12-16-38(47)57-42-30(22-39(48)51-6)21-36-26-37(28-45)53-29(3)20-31(46)23-32-14-13-15-33(54-32)24-34-25-35(27-40(49)52-19-8-2)56-41(55-34)17-18-43(4,5)44(42,50)58-36/h8,17-18,22,31-37,41-42,45-46,50H,2-3,7,9-16,19-21,23-28H2,1,4-6H3/b18-17+,30-22+/t31-,32-,33?,34?,35+,36-,37+,41+,42-,44+/m0/s1. The van der Waals surface area contributed by atoms with Gasteiger partial charge < -0.3 is 53.2 Å². The third-order valence-electron chi connectivity index (χ3n) is 11.3. The van der Waals surface area contributed by atoms with Crippen molar-refractivity contribution >= 4 is 17.9 Å². The number of carbonyl (C=O) groups is 3. The topological polar surface area (TPSA) is 186 Å². The molecule has 14 nitrogen and oxygen atoms in total. The van der Waals surface area contributed by atoms with Crippen molar-refractivity contribution in [3.63, 3.8) is 0 Å². The fourth-order valence-electron chi connectivity index (χ4n) is 8.20. The van der Waals surface area contributed by atoms with E-state index in [0.29, 0.717) is 25.7 Å². The quantitative estimate of drug-likeness (QED) is 0.0666. The second kappa shape index (κ2) is 23.0. The molecule has 4 heterocycles. The molecular weight excluding hydrogens is 752 g/mol. The van der Waals surface area contributed by atoms with Crippen LogP contribution in [0, 0.1) is 5.41 Å². The Hall–Kier alpha value is -3.11. The van der Waals surface area contributed by atoms with Gasteiger partial charge in [-0.05, 0) is 50.2 Å². The van der Waals surface area contributed by atoms with Crippen LogP contribution in [0.15, 0.2) is 48.8 Å². The van der Waals surface area contributed by atoms with Crippen LogP contribution in [0.4, 0.5) is 0 Å². The van der Waals surface area contributed by atoms with Crippen molar-refractivity contribution < 1.29 is 67.6 Å². The summed E-state index contributed by atoms with van der Waals surface area (Å²) in [5, 5.41) is 34.4. The summed E-state index contributed by atoms with van der Waals surface area (Å²) in [5.74, 6) is -3.75. The summed E-state index contributed by atoms with van der Waals surface area (Å²) < 4.78 is 48.1. The first-order chi connectivity index (χ1) is 27.7. The second-order valence-electron chi connectivity index (χ2n) is 16.6. The van der Waals surface area contributed by atoms with Gasteiger partial charge in [0.2, 0.25) is 5.79 Å². The van der Waals surface area contributed by atoms with Crippen LogP contribution in [0.2, 0.25) is 0 Å². The first-order valence-electron chi connectivity index (χ1n) is 21.1. The molecule has 0 spiro atoms. The van der Waals surface area contributed by atoms with Gasteiger partial charge in [-0.25, -0.2) is 4.79 Å². The molecule has 14 heteroatoms. The Labute approximate surface area is 343 Å². The van der Waals surface area contributed by atoms with Gasteiger partial charge in [-0.15, -0.1) is 0 Å². The smallest absolute Gasteiger partial charge is 0.330 e. The summed E-state index contributed by atoms with van der Waals surface area (Å²) in [6, 6.07) is 0. The monoisotopic (exact) mass is 820 g/mol. The largest absolute Gasteiger partial charge is 0.493 e. The summed E-state index contributed by atoms with van der Waals surface area (Å²) in [7, 11) is 1.23. The van der Waals surface area contributed by atoms with Crippen LogP contribution in [-0.4, -0.2) is 114 Å². The van der Waals surface area contributed by atoms with E-state index in [0.717, 1.165) is 44.9 Å². The number of ether oxygens (including phenoxy) is 8. The third-order valence-corrected chi connectivity index (χ3v) is 11.3. The Morgan fingerprint density at radius 3 is 2.36 bits per heavy atom. The van der Waals surface area contributed by atoms with E-state index in [1.165, 1.54) is 19.3 Å². The van der Waals surface area contributed by atoms with Crippen molar-refractivity contribution in [2.24, 2.45) is 5.41 Å². The SMILES string of the molecule is C=CCOC(=O)C[C@H]1CC2CC3CCC[C@@H](C[C@@H](O)CC(=C)O[C@@H](CO)C[C@@H]4C/C(=C\C(=O)OC)[C@H](OC(=O)CCCCCCC)[C@@](O)(O4)C(C)(C)/C=C/[C@H](O2)O1)O3. The molecule has 2 unspecified atom stereocenters. The zero-order chi connectivity index (χ0) is 42.3. The van der Waals surface area contributed by atoms with E-state index < -0.39 is 72.5 Å². The molecule has 328 valence electrons. The molecule has 0 aromatic rings. The minimum Gasteiger partial charge on any atom is -0.493 e. The van der Waals surface area contributed by atoms with Crippen LogP contribution >= 0.6 is 0 Å². The highest BCUT2D eigenvalue weighted by Crippen LogP contribution is 2.47. The molecule has 4 aliphatic heterocycles. The number of carbonyl (C=O) groups excluding carboxylic acids is 3. The van der Waals surface area contributed by atoms with Crippen molar-refractivity contribution in [2.75, 3.05) is 20.3 Å². The molecule has 0 amide bonds. The maximum absolute atomic E-state index is 13.4. The molecule has 0 aromatic carbocycles. The van der Waals surface area contributed by atoms with Gasteiger partial charge in [-0.2, -0.15) is 0 Å². The van der Waals surface area contributed by atoms with Crippen molar-refractivity contribution in [3.8, 4) is 0 Å². The van der Waals surface area contributed by atoms with Crippen LogP contribution in [0.1, 0.15) is 124 Å². The lowest BCUT2D eigenvalue weighted by Gasteiger charge is -2.51. The van der Waals surface area contributed by atoms with Gasteiger partial charge >= 0.3 is 17.9 Å². The Bertz CT molecular complexity index is 1420. The van der Waals surface area contributed by atoms with Crippen LogP contribution in [0.5, 0.6) is 0 Å². The highest BCUT2D eigenvalue weighted by Gasteiger charge is 2.57. The number of fused-ring (bicyclic) bond motifs is 6. The average molecular weight is 821 g/mol. The summed E-state index contributed by atoms with van der Waals surface area (Å²) in [5.41, 5.74) is -1.11. The first kappa shape index (κ1) is 47.6. The van der Waals surface area contributed by atoms with E-state index in [9.17, 15) is 29.7 Å². The lowest BCUT2D eigenvalue weighted by Crippen LogP contribution is -2.62. The molecule has 4 aliphatic rings. The molecule has 4 rings (SSSR count). The molecular formula is C44H68O14. The first-order valence-corrected chi connectivity index (χ1v) is 21.1. The second-order valence-corrected chi connectivity index (χ2v) is 16.6. The van der Waals surface area contributed by atoms with E-state index in [1.807, 2.05) is 0 Å². The van der Waals surface area contributed by atoms with Crippen LogP contribution < -0.4 is 0 Å². The summed E-state index contributed by atoms with van der Waals surface area (Å²) in [6.07, 6.45) is 8.28. The number of aliphatic hydroxyl groups excluding tert-OH is 2. The van der Waals surface area contributed by atoms with Crippen LogP contribution in [0.3, 0.4) is 0 Å². The molecule has 0 aromatic heterocycles. The molecule has 3 fully saturated rings. The van der Waals surface area contributed by atoms with Gasteiger partial charge in [0.15, 0.2) is 12.4 Å². The van der Waals surface area contributed by atoms with Gasteiger partial charge in [0, 0.05) is 43.6 Å². The van der Waals surface area contributed by atoms with Gasteiger partial charge in [-0.3, -0.25) is 9.59 Å². The number of hydrogen-bond donors (Lipinski definition) is 3. The average Bonchev–Trinajstić information content (AvgIpc) is 3.16. The fourth-order valence-corrected chi connectivity index (χ4v) is 8.20. The van der Waals surface area contributed by atoms with E-state index in [2.05, 4.69) is 20.1 Å². The minimum absolute atomic E-state index is 0.0212. The van der Waals surface area contributed by atoms with E-state index in [4.69, 9.17) is 37.9 Å². The predicted molar refractivity (Wildman–Crippen MR) is 213 cm³/mol. The van der Waals surface area contributed by atoms with Gasteiger partial charge in [0.1, 0.15) is 12.7 Å². The number of unbranched alkanes of at least 4 members (excludes halogenated alkanes) is 4. The van der Waals surface area contributed by atoms with E-state index in [1.54, 1.807) is 26.0 Å². The van der Waals surface area contributed by atoms with Crippen molar-refractivity contribution in [3.05, 3.63) is 48.8 Å².